The Morgan fingerprint density at radius 2 is 1.78 bits per heavy atom. The minimum absolute atomic E-state index is 0.0328. The van der Waals surface area contributed by atoms with Crippen molar-refractivity contribution in [2.75, 3.05) is 24.5 Å². The molecule has 2 rings (SSSR count). The predicted octanol–water partition coefficient (Wildman–Crippen LogP) is 3.47. The first kappa shape index (κ1) is 17.5. The fraction of sp³-hybridized carbons (Fsp3) is 0.579. The van der Waals surface area contributed by atoms with Crippen molar-refractivity contribution in [1.82, 2.24) is 4.90 Å². The molecule has 1 aliphatic heterocycles. The Balaban J connectivity index is 1.91. The highest BCUT2D eigenvalue weighted by atomic mass is 16.2. The van der Waals surface area contributed by atoms with Crippen LogP contribution < -0.4 is 4.90 Å². The Morgan fingerprint density at radius 1 is 1.13 bits per heavy atom. The van der Waals surface area contributed by atoms with Crippen molar-refractivity contribution in [3.05, 3.63) is 30.3 Å². The quantitative estimate of drug-likeness (QED) is 0.806. The fourth-order valence-corrected chi connectivity index (χ4v) is 3.16. The number of carbonyl (C=O) groups excluding carboxylic acids is 2. The van der Waals surface area contributed by atoms with E-state index in [1.807, 2.05) is 47.1 Å². The van der Waals surface area contributed by atoms with Crippen LogP contribution in [-0.2, 0) is 9.59 Å². The summed E-state index contributed by atoms with van der Waals surface area (Å²) in [5.74, 6) is 0.470. The third-order valence-electron chi connectivity index (χ3n) is 4.59. The molecule has 0 N–H and O–H groups in total. The van der Waals surface area contributed by atoms with Gasteiger partial charge in [0.15, 0.2) is 0 Å². The lowest BCUT2D eigenvalue weighted by atomic mass is 9.94. The van der Waals surface area contributed by atoms with Gasteiger partial charge in [0, 0.05) is 37.7 Å². The minimum Gasteiger partial charge on any atom is -0.343 e. The van der Waals surface area contributed by atoms with Crippen molar-refractivity contribution in [2.24, 2.45) is 5.92 Å². The Morgan fingerprint density at radius 3 is 2.35 bits per heavy atom. The molecule has 2 amide bonds. The molecule has 0 radical (unpaired) electrons. The van der Waals surface area contributed by atoms with E-state index in [2.05, 4.69) is 6.92 Å². The molecular weight excluding hydrogens is 288 g/mol. The highest BCUT2D eigenvalue weighted by molar-refractivity contribution is 5.95. The Kier molecular flexibility index (Phi) is 6.63. The SMILES string of the molecule is CCCCC(=O)N1CCC(C(=O)N(CC)c2ccccc2)CC1. The maximum absolute atomic E-state index is 12.8. The van der Waals surface area contributed by atoms with Crippen LogP contribution in [0.3, 0.4) is 0 Å². The van der Waals surface area contributed by atoms with Gasteiger partial charge in [-0.1, -0.05) is 31.5 Å². The van der Waals surface area contributed by atoms with Crippen molar-refractivity contribution >= 4 is 17.5 Å². The van der Waals surface area contributed by atoms with E-state index in [1.54, 1.807) is 0 Å². The van der Waals surface area contributed by atoms with Crippen LogP contribution >= 0.6 is 0 Å². The van der Waals surface area contributed by atoms with Gasteiger partial charge in [-0.2, -0.15) is 0 Å². The number of anilines is 1. The predicted molar refractivity (Wildman–Crippen MR) is 93.3 cm³/mol. The van der Waals surface area contributed by atoms with E-state index in [-0.39, 0.29) is 17.7 Å². The summed E-state index contributed by atoms with van der Waals surface area (Å²) < 4.78 is 0. The molecule has 23 heavy (non-hydrogen) atoms. The van der Waals surface area contributed by atoms with Crippen LogP contribution in [0.15, 0.2) is 30.3 Å². The summed E-state index contributed by atoms with van der Waals surface area (Å²) in [6.45, 7) is 6.21. The van der Waals surface area contributed by atoms with Crippen LogP contribution in [0.1, 0.15) is 46.0 Å². The smallest absolute Gasteiger partial charge is 0.230 e. The lowest BCUT2D eigenvalue weighted by Crippen LogP contribution is -2.44. The molecule has 4 nitrogen and oxygen atoms in total. The van der Waals surface area contributed by atoms with Crippen LogP contribution in [0, 0.1) is 5.92 Å². The number of hydrogen-bond donors (Lipinski definition) is 0. The van der Waals surface area contributed by atoms with Crippen LogP contribution in [0.4, 0.5) is 5.69 Å². The Hall–Kier alpha value is -1.84. The van der Waals surface area contributed by atoms with Crippen molar-refractivity contribution in [1.29, 1.82) is 0 Å². The number of piperidine rings is 1. The first-order valence-corrected chi connectivity index (χ1v) is 8.81. The molecule has 0 bridgehead atoms. The number of benzene rings is 1. The molecule has 1 heterocycles. The summed E-state index contributed by atoms with van der Waals surface area (Å²) in [6.07, 6.45) is 4.19. The molecule has 0 aliphatic carbocycles. The van der Waals surface area contributed by atoms with Crippen molar-refractivity contribution in [3.8, 4) is 0 Å². The number of nitrogens with zero attached hydrogens (tertiary/aromatic N) is 2. The van der Waals surface area contributed by atoms with Crippen molar-refractivity contribution in [3.63, 3.8) is 0 Å². The van der Waals surface area contributed by atoms with E-state index in [0.29, 0.717) is 26.1 Å². The van der Waals surface area contributed by atoms with E-state index in [9.17, 15) is 9.59 Å². The summed E-state index contributed by atoms with van der Waals surface area (Å²) in [5, 5.41) is 0. The number of likely N-dealkylation sites (tertiary alicyclic amines) is 1. The molecule has 1 aromatic rings. The Bertz CT molecular complexity index is 507. The molecular formula is C19H28N2O2. The molecule has 0 atom stereocenters. The molecule has 0 spiro atoms. The summed E-state index contributed by atoms with van der Waals surface area (Å²) >= 11 is 0. The highest BCUT2D eigenvalue weighted by Gasteiger charge is 2.30. The second-order valence-corrected chi connectivity index (χ2v) is 6.18. The zero-order valence-electron chi connectivity index (χ0n) is 14.3. The first-order chi connectivity index (χ1) is 11.2. The van der Waals surface area contributed by atoms with Gasteiger partial charge >= 0.3 is 0 Å². The van der Waals surface area contributed by atoms with Crippen LogP contribution in [-0.4, -0.2) is 36.3 Å². The molecule has 126 valence electrons. The summed E-state index contributed by atoms with van der Waals surface area (Å²) in [6, 6.07) is 9.83. The first-order valence-electron chi connectivity index (χ1n) is 8.81. The summed E-state index contributed by atoms with van der Waals surface area (Å²) in [4.78, 5) is 28.7. The fourth-order valence-electron chi connectivity index (χ4n) is 3.16. The maximum atomic E-state index is 12.8. The van der Waals surface area contributed by atoms with Crippen molar-refractivity contribution in [2.45, 2.75) is 46.0 Å². The monoisotopic (exact) mass is 316 g/mol. The normalized spacial score (nSPS) is 15.5. The number of rotatable bonds is 6. The van der Waals surface area contributed by atoms with E-state index in [4.69, 9.17) is 0 Å². The molecule has 1 fully saturated rings. The van der Waals surface area contributed by atoms with E-state index in [0.717, 1.165) is 31.4 Å². The van der Waals surface area contributed by atoms with E-state index in [1.165, 1.54) is 0 Å². The van der Waals surface area contributed by atoms with Gasteiger partial charge in [0.25, 0.3) is 0 Å². The number of amides is 2. The van der Waals surface area contributed by atoms with Gasteiger partial charge < -0.3 is 9.80 Å². The average molecular weight is 316 g/mol. The van der Waals surface area contributed by atoms with Gasteiger partial charge in [-0.05, 0) is 38.3 Å². The molecule has 0 saturated carbocycles. The Labute approximate surface area is 139 Å². The molecule has 0 aromatic heterocycles. The number of hydrogen-bond acceptors (Lipinski definition) is 2. The van der Waals surface area contributed by atoms with E-state index < -0.39 is 0 Å². The molecule has 1 aliphatic rings. The van der Waals surface area contributed by atoms with Gasteiger partial charge in [-0.25, -0.2) is 0 Å². The van der Waals surface area contributed by atoms with Crippen LogP contribution in [0.5, 0.6) is 0 Å². The van der Waals surface area contributed by atoms with Crippen LogP contribution in [0.25, 0.3) is 0 Å². The number of carbonyl (C=O) groups is 2. The van der Waals surface area contributed by atoms with Crippen molar-refractivity contribution < 1.29 is 9.59 Å². The summed E-state index contributed by atoms with van der Waals surface area (Å²) in [5.41, 5.74) is 0.960. The molecule has 1 aromatic carbocycles. The largest absolute Gasteiger partial charge is 0.343 e. The van der Waals surface area contributed by atoms with Gasteiger partial charge in [-0.15, -0.1) is 0 Å². The van der Waals surface area contributed by atoms with Crippen LogP contribution in [0.2, 0.25) is 0 Å². The third-order valence-corrected chi connectivity index (χ3v) is 4.59. The van der Waals surface area contributed by atoms with E-state index >= 15 is 0 Å². The third kappa shape index (κ3) is 4.57. The lowest BCUT2D eigenvalue weighted by Gasteiger charge is -2.34. The second-order valence-electron chi connectivity index (χ2n) is 6.18. The molecule has 4 heteroatoms. The summed E-state index contributed by atoms with van der Waals surface area (Å²) in [7, 11) is 0. The zero-order valence-corrected chi connectivity index (χ0v) is 14.3. The maximum Gasteiger partial charge on any atom is 0.230 e. The van der Waals surface area contributed by atoms with Gasteiger partial charge in [0.1, 0.15) is 0 Å². The average Bonchev–Trinajstić information content (AvgIpc) is 2.61. The molecule has 0 unspecified atom stereocenters. The standard InChI is InChI=1S/C19H28N2O2/c1-3-5-11-18(22)20-14-12-16(13-15-20)19(23)21(4-2)17-9-7-6-8-10-17/h6-10,16H,3-5,11-15H2,1-2H3. The zero-order chi connectivity index (χ0) is 16.7. The number of unbranched alkanes of at least 4 members (excludes halogenated alkanes) is 1. The topological polar surface area (TPSA) is 40.6 Å². The number of para-hydroxylation sites is 1. The van der Waals surface area contributed by atoms with Gasteiger partial charge in [0.2, 0.25) is 11.8 Å². The second kappa shape index (κ2) is 8.70. The highest BCUT2D eigenvalue weighted by Crippen LogP contribution is 2.23. The van der Waals surface area contributed by atoms with Gasteiger partial charge in [-0.3, -0.25) is 9.59 Å². The molecule has 1 saturated heterocycles. The lowest BCUT2D eigenvalue weighted by molar-refractivity contribution is -0.135. The minimum atomic E-state index is 0.0328. The van der Waals surface area contributed by atoms with Gasteiger partial charge in [0.05, 0.1) is 0 Å².